The minimum atomic E-state index is -0.847. The fraction of sp³-hybridized carbons (Fsp3) is 0.857. The number of hydrogen-bond donors (Lipinski definition) is 1. The predicted molar refractivity (Wildman–Crippen MR) is 71.8 cm³/mol. The van der Waals surface area contributed by atoms with Gasteiger partial charge in [0.05, 0.1) is 13.1 Å². The minimum Gasteiger partial charge on any atom is -0.480 e. The summed E-state index contributed by atoms with van der Waals surface area (Å²) in [5, 5.41) is 8.93. The van der Waals surface area contributed by atoms with Crippen molar-refractivity contribution in [1.29, 1.82) is 0 Å². The van der Waals surface area contributed by atoms with E-state index in [1.54, 1.807) is 4.90 Å². The second kappa shape index (κ2) is 6.37. The Balaban J connectivity index is 1.86. The first-order chi connectivity index (χ1) is 9.06. The Bertz CT molecular complexity index is 342. The summed E-state index contributed by atoms with van der Waals surface area (Å²) >= 11 is 0. The standard InChI is InChI=1S/C14H24N2O3/c1-11-4-2-3-7-16(11)13(17)9-15(10-14(18)19)8-12-5-6-12/h11-12H,2-10H2,1H3,(H,18,19). The Morgan fingerprint density at radius 2 is 1.95 bits per heavy atom. The number of carboxylic acid groups (broad SMARTS) is 1. The third kappa shape index (κ3) is 4.49. The maximum atomic E-state index is 12.3. The molecule has 1 aliphatic heterocycles. The van der Waals surface area contributed by atoms with Crippen molar-refractivity contribution in [3.8, 4) is 0 Å². The van der Waals surface area contributed by atoms with Gasteiger partial charge in [0.1, 0.15) is 0 Å². The summed E-state index contributed by atoms with van der Waals surface area (Å²) in [6, 6.07) is 0.300. The third-order valence-electron chi connectivity index (χ3n) is 4.05. The van der Waals surface area contributed by atoms with Crippen molar-refractivity contribution in [1.82, 2.24) is 9.80 Å². The van der Waals surface area contributed by atoms with Gasteiger partial charge in [0.15, 0.2) is 0 Å². The van der Waals surface area contributed by atoms with E-state index in [0.717, 1.165) is 25.9 Å². The Kier molecular flexibility index (Phi) is 4.80. The van der Waals surface area contributed by atoms with E-state index in [9.17, 15) is 9.59 Å². The molecule has 1 saturated heterocycles. The van der Waals surface area contributed by atoms with Crippen molar-refractivity contribution in [2.75, 3.05) is 26.2 Å². The Labute approximate surface area is 114 Å². The molecule has 0 aromatic carbocycles. The molecule has 1 atom stereocenters. The molecule has 1 amide bonds. The number of carbonyl (C=O) groups is 2. The molecule has 19 heavy (non-hydrogen) atoms. The van der Waals surface area contributed by atoms with E-state index in [2.05, 4.69) is 6.92 Å². The highest BCUT2D eigenvalue weighted by molar-refractivity contribution is 5.79. The summed E-state index contributed by atoms with van der Waals surface area (Å²) < 4.78 is 0. The predicted octanol–water partition coefficient (Wildman–Crippen LogP) is 1.18. The fourth-order valence-electron chi connectivity index (χ4n) is 2.79. The van der Waals surface area contributed by atoms with E-state index in [-0.39, 0.29) is 19.0 Å². The van der Waals surface area contributed by atoms with Crippen molar-refractivity contribution in [2.24, 2.45) is 5.92 Å². The molecule has 1 saturated carbocycles. The summed E-state index contributed by atoms with van der Waals surface area (Å²) in [4.78, 5) is 26.9. The number of carboxylic acids is 1. The highest BCUT2D eigenvalue weighted by atomic mass is 16.4. The molecule has 2 aliphatic rings. The largest absolute Gasteiger partial charge is 0.480 e. The van der Waals surface area contributed by atoms with Gasteiger partial charge in [0.2, 0.25) is 5.91 Å². The lowest BCUT2D eigenvalue weighted by Crippen LogP contribution is -2.48. The van der Waals surface area contributed by atoms with Crippen LogP contribution in [0, 0.1) is 5.92 Å². The van der Waals surface area contributed by atoms with Crippen LogP contribution in [0.1, 0.15) is 39.0 Å². The van der Waals surface area contributed by atoms with Crippen LogP contribution in [-0.4, -0.2) is 59.0 Å². The molecule has 0 spiro atoms. The zero-order valence-corrected chi connectivity index (χ0v) is 11.7. The fourth-order valence-corrected chi connectivity index (χ4v) is 2.79. The summed E-state index contributed by atoms with van der Waals surface area (Å²) in [7, 11) is 0. The van der Waals surface area contributed by atoms with Crippen molar-refractivity contribution >= 4 is 11.9 Å². The van der Waals surface area contributed by atoms with E-state index in [4.69, 9.17) is 5.11 Å². The molecule has 1 heterocycles. The molecule has 0 aromatic heterocycles. The molecule has 0 aromatic rings. The number of piperidine rings is 1. The highest BCUT2D eigenvalue weighted by Crippen LogP contribution is 2.29. The van der Waals surface area contributed by atoms with Gasteiger partial charge in [0, 0.05) is 19.1 Å². The van der Waals surface area contributed by atoms with Crippen LogP contribution in [-0.2, 0) is 9.59 Å². The van der Waals surface area contributed by atoms with Crippen molar-refractivity contribution in [3.05, 3.63) is 0 Å². The minimum absolute atomic E-state index is 0.0234. The lowest BCUT2D eigenvalue weighted by atomic mass is 10.0. The lowest BCUT2D eigenvalue weighted by molar-refractivity contribution is -0.140. The summed E-state index contributed by atoms with van der Waals surface area (Å²) in [6.45, 7) is 3.89. The van der Waals surface area contributed by atoms with Gasteiger partial charge < -0.3 is 10.0 Å². The second-order valence-corrected chi connectivity index (χ2v) is 5.94. The van der Waals surface area contributed by atoms with Gasteiger partial charge in [-0.25, -0.2) is 0 Å². The van der Waals surface area contributed by atoms with Crippen LogP contribution >= 0.6 is 0 Å². The van der Waals surface area contributed by atoms with Gasteiger partial charge >= 0.3 is 5.97 Å². The average Bonchev–Trinajstić information content (AvgIpc) is 3.12. The maximum absolute atomic E-state index is 12.3. The SMILES string of the molecule is CC1CCCCN1C(=O)CN(CC(=O)O)CC1CC1. The van der Waals surface area contributed by atoms with Gasteiger partial charge in [0.25, 0.3) is 0 Å². The number of amides is 1. The normalized spacial score (nSPS) is 23.7. The van der Waals surface area contributed by atoms with Crippen molar-refractivity contribution < 1.29 is 14.7 Å². The lowest BCUT2D eigenvalue weighted by Gasteiger charge is -2.35. The van der Waals surface area contributed by atoms with Gasteiger partial charge in [-0.1, -0.05) is 0 Å². The molecule has 1 N–H and O–H groups in total. The molecule has 0 radical (unpaired) electrons. The van der Waals surface area contributed by atoms with Crippen molar-refractivity contribution in [2.45, 2.75) is 45.1 Å². The molecule has 5 heteroatoms. The van der Waals surface area contributed by atoms with Gasteiger partial charge in [-0.15, -0.1) is 0 Å². The van der Waals surface area contributed by atoms with Gasteiger partial charge in [-0.05, 0) is 44.9 Å². The van der Waals surface area contributed by atoms with Crippen molar-refractivity contribution in [3.63, 3.8) is 0 Å². The van der Waals surface area contributed by atoms with Crippen LogP contribution in [0.2, 0.25) is 0 Å². The van der Waals surface area contributed by atoms with E-state index < -0.39 is 5.97 Å². The highest BCUT2D eigenvalue weighted by Gasteiger charge is 2.29. The summed E-state index contributed by atoms with van der Waals surface area (Å²) in [5.74, 6) is -0.153. The van der Waals surface area contributed by atoms with Crippen LogP contribution in [0.15, 0.2) is 0 Å². The smallest absolute Gasteiger partial charge is 0.317 e. The number of aliphatic carboxylic acids is 1. The van der Waals surface area contributed by atoms with Gasteiger partial charge in [-0.2, -0.15) is 0 Å². The number of carbonyl (C=O) groups excluding carboxylic acids is 1. The number of hydrogen-bond acceptors (Lipinski definition) is 3. The Hall–Kier alpha value is -1.10. The van der Waals surface area contributed by atoms with Crippen LogP contribution in [0.5, 0.6) is 0 Å². The van der Waals surface area contributed by atoms with E-state index in [1.807, 2.05) is 4.90 Å². The molecule has 2 rings (SSSR count). The Morgan fingerprint density at radius 3 is 2.53 bits per heavy atom. The number of nitrogens with zero attached hydrogens (tertiary/aromatic N) is 2. The first kappa shape index (κ1) is 14.3. The molecule has 108 valence electrons. The second-order valence-electron chi connectivity index (χ2n) is 5.94. The summed E-state index contributed by atoms with van der Waals surface area (Å²) in [5.41, 5.74) is 0. The first-order valence-electron chi connectivity index (χ1n) is 7.30. The average molecular weight is 268 g/mol. The quantitative estimate of drug-likeness (QED) is 0.786. The zero-order valence-electron chi connectivity index (χ0n) is 11.7. The molecule has 5 nitrogen and oxygen atoms in total. The third-order valence-corrected chi connectivity index (χ3v) is 4.05. The van der Waals surface area contributed by atoms with E-state index in [1.165, 1.54) is 19.3 Å². The molecule has 1 aliphatic carbocycles. The van der Waals surface area contributed by atoms with Crippen LogP contribution in [0.4, 0.5) is 0 Å². The maximum Gasteiger partial charge on any atom is 0.317 e. The number of likely N-dealkylation sites (tertiary alicyclic amines) is 1. The van der Waals surface area contributed by atoms with Crippen LogP contribution < -0.4 is 0 Å². The van der Waals surface area contributed by atoms with E-state index in [0.29, 0.717) is 12.0 Å². The van der Waals surface area contributed by atoms with Crippen LogP contribution in [0.3, 0.4) is 0 Å². The number of rotatable bonds is 6. The topological polar surface area (TPSA) is 60.9 Å². The monoisotopic (exact) mass is 268 g/mol. The first-order valence-corrected chi connectivity index (χ1v) is 7.30. The van der Waals surface area contributed by atoms with Crippen LogP contribution in [0.25, 0.3) is 0 Å². The Morgan fingerprint density at radius 1 is 1.21 bits per heavy atom. The molecule has 0 bridgehead atoms. The van der Waals surface area contributed by atoms with Gasteiger partial charge in [-0.3, -0.25) is 14.5 Å². The molecule has 2 fully saturated rings. The molecular formula is C14H24N2O3. The summed E-state index contributed by atoms with van der Waals surface area (Å²) in [6.07, 6.45) is 5.66. The molecular weight excluding hydrogens is 244 g/mol. The zero-order chi connectivity index (χ0) is 13.8. The van der Waals surface area contributed by atoms with E-state index >= 15 is 0 Å². The molecule has 1 unspecified atom stereocenters.